The van der Waals surface area contributed by atoms with Crippen LogP contribution >= 0.6 is 0 Å². The molecule has 194 valence electrons. The molecule has 0 radical (unpaired) electrons. The van der Waals surface area contributed by atoms with Crippen molar-refractivity contribution in [3.63, 3.8) is 0 Å². The molecule has 1 N–H and O–H groups in total. The lowest BCUT2D eigenvalue weighted by Crippen LogP contribution is -2.42. The molecule has 1 aliphatic carbocycles. The summed E-state index contributed by atoms with van der Waals surface area (Å²) in [5.74, 6) is -7.35. The zero-order chi connectivity index (χ0) is 27.0. The van der Waals surface area contributed by atoms with Crippen molar-refractivity contribution in [2.45, 2.75) is 63.6 Å². The van der Waals surface area contributed by atoms with Gasteiger partial charge in [-0.05, 0) is 63.5 Å². The SMILES string of the molecule is CC(C)(C)OC(=O)CC(=O)C(F)(F)C(O)/C=C/c1c(C2CC2)nc2ccccc2c1-c1ccc(F)cc1. The molecule has 0 bridgehead atoms. The van der Waals surface area contributed by atoms with E-state index >= 15 is 0 Å². The Morgan fingerprint density at radius 2 is 1.76 bits per heavy atom. The third kappa shape index (κ3) is 6.07. The standard InChI is InChI=1S/C29H28F3NO4/c1-28(2,3)37-25(36)16-24(35)29(31,32)23(34)15-14-21-26(17-10-12-19(30)13-11-17)20-6-4-5-7-22(20)33-27(21)18-8-9-18/h4-7,10-15,18,23,34H,8-9,16H2,1-3H3/b15-14+. The average Bonchev–Trinajstić information content (AvgIpc) is 3.66. The van der Waals surface area contributed by atoms with E-state index in [2.05, 4.69) is 0 Å². The fourth-order valence-electron chi connectivity index (χ4n) is 4.11. The molecule has 5 nitrogen and oxygen atoms in total. The molecule has 0 spiro atoms. The Balaban J connectivity index is 1.72. The fraction of sp³-hybridized carbons (Fsp3) is 0.345. The van der Waals surface area contributed by atoms with Crippen LogP contribution in [-0.4, -0.2) is 39.5 Å². The van der Waals surface area contributed by atoms with Crippen LogP contribution in [0.1, 0.15) is 57.2 Å². The van der Waals surface area contributed by atoms with Crippen LogP contribution in [0.3, 0.4) is 0 Å². The molecular formula is C29H28F3NO4. The number of carbonyl (C=O) groups is 2. The maximum Gasteiger partial charge on any atom is 0.334 e. The maximum absolute atomic E-state index is 14.8. The van der Waals surface area contributed by atoms with Crippen LogP contribution < -0.4 is 0 Å². The Morgan fingerprint density at radius 1 is 1.11 bits per heavy atom. The smallest absolute Gasteiger partial charge is 0.334 e. The largest absolute Gasteiger partial charge is 0.460 e. The first-order valence-electron chi connectivity index (χ1n) is 12.0. The second-order valence-electron chi connectivity index (χ2n) is 10.2. The second kappa shape index (κ2) is 10.1. The predicted molar refractivity (Wildman–Crippen MR) is 135 cm³/mol. The Labute approximate surface area is 213 Å². The van der Waals surface area contributed by atoms with E-state index in [9.17, 15) is 27.9 Å². The monoisotopic (exact) mass is 511 g/mol. The molecule has 1 aliphatic rings. The number of ketones is 1. The molecular weight excluding hydrogens is 483 g/mol. The van der Waals surface area contributed by atoms with Gasteiger partial charge in [0, 0.05) is 22.4 Å². The van der Waals surface area contributed by atoms with Crippen LogP contribution in [0.4, 0.5) is 13.2 Å². The van der Waals surface area contributed by atoms with Crippen LogP contribution in [-0.2, 0) is 14.3 Å². The number of benzene rings is 2. The van der Waals surface area contributed by atoms with E-state index in [1.165, 1.54) is 18.2 Å². The number of aliphatic hydroxyl groups is 1. The summed E-state index contributed by atoms with van der Waals surface area (Å²) in [6.45, 7) is 4.66. The molecule has 4 rings (SSSR count). The quantitative estimate of drug-likeness (QED) is 0.287. The second-order valence-corrected chi connectivity index (χ2v) is 10.2. The van der Waals surface area contributed by atoms with Gasteiger partial charge in [0.2, 0.25) is 5.78 Å². The predicted octanol–water partition coefficient (Wildman–Crippen LogP) is 6.23. The van der Waals surface area contributed by atoms with Crippen LogP contribution in [0.2, 0.25) is 0 Å². The van der Waals surface area contributed by atoms with Gasteiger partial charge < -0.3 is 9.84 Å². The van der Waals surface area contributed by atoms with Gasteiger partial charge in [0.1, 0.15) is 23.9 Å². The van der Waals surface area contributed by atoms with E-state index in [1.807, 2.05) is 24.3 Å². The summed E-state index contributed by atoms with van der Waals surface area (Å²) in [4.78, 5) is 28.9. The minimum absolute atomic E-state index is 0.120. The normalized spacial score (nSPS) is 15.2. The molecule has 1 atom stereocenters. The van der Waals surface area contributed by atoms with Gasteiger partial charge in [-0.1, -0.05) is 36.4 Å². The summed E-state index contributed by atoms with van der Waals surface area (Å²) >= 11 is 0. The molecule has 0 amide bonds. The molecule has 1 saturated carbocycles. The molecule has 37 heavy (non-hydrogen) atoms. The number of para-hydroxylation sites is 1. The first-order chi connectivity index (χ1) is 17.4. The summed E-state index contributed by atoms with van der Waals surface area (Å²) in [5, 5.41) is 11.1. The minimum Gasteiger partial charge on any atom is -0.460 e. The average molecular weight is 512 g/mol. The van der Waals surface area contributed by atoms with Crippen LogP contribution in [0, 0.1) is 5.82 Å². The van der Waals surface area contributed by atoms with Gasteiger partial charge in [0.25, 0.3) is 0 Å². The Morgan fingerprint density at radius 3 is 2.38 bits per heavy atom. The number of rotatable bonds is 8. The number of hydrogen-bond donors (Lipinski definition) is 1. The van der Waals surface area contributed by atoms with Gasteiger partial charge in [-0.3, -0.25) is 14.6 Å². The van der Waals surface area contributed by atoms with E-state index in [0.717, 1.165) is 24.3 Å². The Kier molecular flexibility index (Phi) is 7.24. The first-order valence-corrected chi connectivity index (χ1v) is 12.0. The van der Waals surface area contributed by atoms with Crippen LogP contribution in [0.5, 0.6) is 0 Å². The maximum atomic E-state index is 14.8. The fourth-order valence-corrected chi connectivity index (χ4v) is 4.11. The number of aliphatic hydroxyl groups excluding tert-OH is 1. The van der Waals surface area contributed by atoms with Gasteiger partial charge in [-0.25, -0.2) is 4.39 Å². The van der Waals surface area contributed by atoms with Gasteiger partial charge in [0.15, 0.2) is 0 Å². The highest BCUT2D eigenvalue weighted by molar-refractivity contribution is 6.01. The number of pyridine rings is 1. The summed E-state index contributed by atoms with van der Waals surface area (Å²) in [6, 6.07) is 13.2. The molecule has 2 aromatic carbocycles. The van der Waals surface area contributed by atoms with Crippen molar-refractivity contribution in [2.24, 2.45) is 0 Å². The first kappa shape index (κ1) is 26.5. The zero-order valence-corrected chi connectivity index (χ0v) is 20.8. The lowest BCUT2D eigenvalue weighted by molar-refractivity contribution is -0.166. The third-order valence-electron chi connectivity index (χ3n) is 5.97. The van der Waals surface area contributed by atoms with Crippen molar-refractivity contribution in [3.8, 4) is 11.1 Å². The summed E-state index contributed by atoms with van der Waals surface area (Å²) < 4.78 is 48.2. The zero-order valence-electron chi connectivity index (χ0n) is 20.8. The van der Waals surface area contributed by atoms with Crippen molar-refractivity contribution in [1.82, 2.24) is 4.98 Å². The molecule has 1 heterocycles. The molecule has 8 heteroatoms. The molecule has 3 aromatic rings. The number of esters is 1. The van der Waals surface area contributed by atoms with Gasteiger partial charge in [-0.2, -0.15) is 8.78 Å². The molecule has 0 aliphatic heterocycles. The van der Waals surface area contributed by atoms with Gasteiger partial charge in [0.05, 0.1) is 11.2 Å². The Hall–Kier alpha value is -3.52. The van der Waals surface area contributed by atoms with E-state index in [0.29, 0.717) is 27.9 Å². The highest BCUT2D eigenvalue weighted by atomic mass is 19.3. The number of nitrogens with zero attached hydrogens (tertiary/aromatic N) is 1. The lowest BCUT2D eigenvalue weighted by atomic mass is 9.92. The summed E-state index contributed by atoms with van der Waals surface area (Å²) in [7, 11) is 0. The van der Waals surface area contributed by atoms with E-state index in [1.54, 1.807) is 32.9 Å². The molecule has 1 aromatic heterocycles. The number of ether oxygens (including phenoxy) is 1. The molecule has 1 fully saturated rings. The minimum atomic E-state index is -4.21. The summed E-state index contributed by atoms with van der Waals surface area (Å²) in [5.41, 5.74) is 2.29. The van der Waals surface area contributed by atoms with Crippen molar-refractivity contribution in [2.75, 3.05) is 0 Å². The van der Waals surface area contributed by atoms with Gasteiger partial charge >= 0.3 is 11.9 Å². The number of carbonyl (C=O) groups excluding carboxylic acids is 2. The Bertz CT molecular complexity index is 1360. The number of hydrogen-bond acceptors (Lipinski definition) is 5. The lowest BCUT2D eigenvalue weighted by Gasteiger charge is -2.22. The highest BCUT2D eigenvalue weighted by Crippen LogP contribution is 2.45. The highest BCUT2D eigenvalue weighted by Gasteiger charge is 2.46. The topological polar surface area (TPSA) is 76.5 Å². The number of alkyl halides is 2. The summed E-state index contributed by atoms with van der Waals surface area (Å²) in [6.07, 6.45) is 0.287. The van der Waals surface area contributed by atoms with Crippen molar-refractivity contribution >= 4 is 28.7 Å². The third-order valence-corrected chi connectivity index (χ3v) is 5.97. The van der Waals surface area contributed by atoms with E-state index in [4.69, 9.17) is 9.72 Å². The van der Waals surface area contributed by atoms with Crippen molar-refractivity contribution in [3.05, 3.63) is 71.7 Å². The number of Topliss-reactive ketones (excluding diaryl/α,β-unsaturated/α-hetero) is 1. The molecule has 1 unspecified atom stereocenters. The van der Waals surface area contributed by atoms with Crippen LogP contribution in [0.15, 0.2) is 54.6 Å². The van der Waals surface area contributed by atoms with E-state index < -0.39 is 41.6 Å². The number of fused-ring (bicyclic) bond motifs is 1. The van der Waals surface area contributed by atoms with Crippen molar-refractivity contribution < 1.29 is 32.6 Å². The van der Waals surface area contributed by atoms with Crippen LogP contribution in [0.25, 0.3) is 28.1 Å². The van der Waals surface area contributed by atoms with Crippen molar-refractivity contribution in [1.29, 1.82) is 0 Å². The number of aromatic nitrogens is 1. The molecule has 0 saturated heterocycles. The van der Waals surface area contributed by atoms with Gasteiger partial charge in [-0.15, -0.1) is 0 Å². The van der Waals surface area contributed by atoms with E-state index in [-0.39, 0.29) is 5.92 Å². The number of halogens is 3.